The standard InChI is InChI=1S/C16H24N2O5S/c1-3-18-10-8-16(9-11-18,15(19)17-20)24(21,22)12-13-4-6-14(23-2)7-5-13/h4-7,20H,3,8-12H2,1-2H3,(H,17,19). The molecule has 0 aliphatic carbocycles. The third kappa shape index (κ3) is 3.55. The van der Waals surface area contributed by atoms with Gasteiger partial charge in [0, 0.05) is 13.1 Å². The molecule has 1 fully saturated rings. The van der Waals surface area contributed by atoms with Crippen LogP contribution in [0.3, 0.4) is 0 Å². The monoisotopic (exact) mass is 356 g/mol. The number of hydrogen-bond donors (Lipinski definition) is 2. The van der Waals surface area contributed by atoms with Crippen LogP contribution in [0.15, 0.2) is 24.3 Å². The highest BCUT2D eigenvalue weighted by molar-refractivity contribution is 7.92. The fraction of sp³-hybridized carbons (Fsp3) is 0.562. The van der Waals surface area contributed by atoms with Crippen molar-refractivity contribution in [2.24, 2.45) is 0 Å². The highest BCUT2D eigenvalue weighted by Crippen LogP contribution is 2.33. The van der Waals surface area contributed by atoms with Crippen LogP contribution >= 0.6 is 0 Å². The maximum atomic E-state index is 13.0. The Labute approximate surface area is 142 Å². The molecular formula is C16H24N2O5S. The number of carbonyl (C=O) groups excluding carboxylic acids is 1. The van der Waals surface area contributed by atoms with Gasteiger partial charge in [0.2, 0.25) is 0 Å². The van der Waals surface area contributed by atoms with Gasteiger partial charge in [-0.15, -0.1) is 0 Å². The second-order valence-corrected chi connectivity index (χ2v) is 8.28. The van der Waals surface area contributed by atoms with Crippen molar-refractivity contribution in [1.29, 1.82) is 0 Å². The van der Waals surface area contributed by atoms with Crippen molar-refractivity contribution >= 4 is 15.7 Å². The zero-order valence-corrected chi connectivity index (χ0v) is 14.8. The molecule has 1 heterocycles. The number of benzene rings is 1. The molecule has 0 atom stereocenters. The topological polar surface area (TPSA) is 95.9 Å². The van der Waals surface area contributed by atoms with Crippen LogP contribution in [0, 0.1) is 0 Å². The number of nitrogens with one attached hydrogen (secondary N) is 1. The lowest BCUT2D eigenvalue weighted by atomic mass is 9.95. The number of ether oxygens (including phenoxy) is 1. The second-order valence-electron chi connectivity index (χ2n) is 5.98. The Morgan fingerprint density at radius 2 is 1.88 bits per heavy atom. The van der Waals surface area contributed by atoms with Crippen molar-refractivity contribution in [3.63, 3.8) is 0 Å². The third-order valence-electron chi connectivity index (χ3n) is 4.74. The molecule has 2 N–H and O–H groups in total. The van der Waals surface area contributed by atoms with E-state index < -0.39 is 20.5 Å². The Bertz CT molecular complexity index is 664. The van der Waals surface area contributed by atoms with Gasteiger partial charge in [-0.05, 0) is 37.1 Å². The molecule has 0 bridgehead atoms. The molecule has 1 amide bonds. The maximum Gasteiger partial charge on any atom is 0.264 e. The molecule has 1 saturated heterocycles. The average Bonchev–Trinajstić information content (AvgIpc) is 2.61. The first-order valence-corrected chi connectivity index (χ1v) is 9.56. The molecule has 1 aromatic carbocycles. The Morgan fingerprint density at radius 3 is 2.33 bits per heavy atom. The van der Waals surface area contributed by atoms with Gasteiger partial charge in [-0.25, -0.2) is 13.9 Å². The van der Waals surface area contributed by atoms with Crippen LogP contribution in [0.25, 0.3) is 0 Å². The quantitative estimate of drug-likeness (QED) is 0.582. The van der Waals surface area contributed by atoms with Gasteiger partial charge in [-0.2, -0.15) is 0 Å². The van der Waals surface area contributed by atoms with E-state index in [1.165, 1.54) is 7.11 Å². The van der Waals surface area contributed by atoms with E-state index in [2.05, 4.69) is 4.90 Å². The van der Waals surface area contributed by atoms with E-state index in [9.17, 15) is 13.2 Å². The summed E-state index contributed by atoms with van der Waals surface area (Å²) < 4.78 is 29.5. The van der Waals surface area contributed by atoms with E-state index in [4.69, 9.17) is 9.94 Å². The molecule has 1 aliphatic rings. The predicted octanol–water partition coefficient (Wildman–Crippen LogP) is 0.970. The summed E-state index contributed by atoms with van der Waals surface area (Å²) in [5, 5.41) is 9.08. The minimum Gasteiger partial charge on any atom is -0.497 e. The zero-order valence-electron chi connectivity index (χ0n) is 14.0. The Balaban J connectivity index is 2.28. The number of hydrogen-bond acceptors (Lipinski definition) is 6. The van der Waals surface area contributed by atoms with Gasteiger partial charge in [-0.1, -0.05) is 19.1 Å². The van der Waals surface area contributed by atoms with Crippen molar-refractivity contribution in [1.82, 2.24) is 10.4 Å². The number of methoxy groups -OCH3 is 1. The number of amides is 1. The molecule has 0 aromatic heterocycles. The van der Waals surface area contributed by atoms with Crippen LogP contribution in [0.2, 0.25) is 0 Å². The van der Waals surface area contributed by atoms with Crippen LogP contribution in [0.5, 0.6) is 5.75 Å². The fourth-order valence-corrected chi connectivity index (χ4v) is 5.13. The lowest BCUT2D eigenvalue weighted by molar-refractivity contribution is -0.133. The van der Waals surface area contributed by atoms with E-state index >= 15 is 0 Å². The van der Waals surface area contributed by atoms with Crippen LogP contribution in [0.1, 0.15) is 25.3 Å². The molecule has 8 heteroatoms. The van der Waals surface area contributed by atoms with Crippen molar-refractivity contribution in [3.05, 3.63) is 29.8 Å². The molecule has 2 rings (SSSR count). The van der Waals surface area contributed by atoms with E-state index in [1.54, 1.807) is 29.7 Å². The number of likely N-dealkylation sites (tertiary alicyclic amines) is 1. The molecule has 1 aliphatic heterocycles. The molecule has 0 unspecified atom stereocenters. The normalized spacial score (nSPS) is 18.1. The van der Waals surface area contributed by atoms with Crippen molar-refractivity contribution in [3.8, 4) is 5.75 Å². The predicted molar refractivity (Wildman–Crippen MR) is 89.6 cm³/mol. The number of nitrogens with zero attached hydrogens (tertiary/aromatic N) is 1. The minimum absolute atomic E-state index is 0.172. The molecule has 0 radical (unpaired) electrons. The van der Waals surface area contributed by atoms with Gasteiger partial charge in [-0.3, -0.25) is 10.0 Å². The molecule has 0 saturated carbocycles. The summed E-state index contributed by atoms with van der Waals surface area (Å²) in [4.78, 5) is 14.3. The maximum absolute atomic E-state index is 13.0. The first-order valence-electron chi connectivity index (χ1n) is 7.90. The molecule has 7 nitrogen and oxygen atoms in total. The highest BCUT2D eigenvalue weighted by Gasteiger charge is 2.51. The number of sulfone groups is 1. The van der Waals surface area contributed by atoms with Gasteiger partial charge in [0.1, 0.15) is 5.75 Å². The number of hydroxylamine groups is 1. The highest BCUT2D eigenvalue weighted by atomic mass is 32.2. The lowest BCUT2D eigenvalue weighted by Gasteiger charge is -2.39. The summed E-state index contributed by atoms with van der Waals surface area (Å²) in [6.07, 6.45) is 0.345. The summed E-state index contributed by atoms with van der Waals surface area (Å²) in [6, 6.07) is 6.71. The molecule has 24 heavy (non-hydrogen) atoms. The summed E-state index contributed by atoms with van der Waals surface area (Å²) in [5.41, 5.74) is 2.14. The van der Waals surface area contributed by atoms with E-state index in [0.717, 1.165) is 6.54 Å². The lowest BCUT2D eigenvalue weighted by Crippen LogP contribution is -2.58. The Hall–Kier alpha value is -1.64. The van der Waals surface area contributed by atoms with Gasteiger partial charge in [0.15, 0.2) is 14.6 Å². The molecule has 134 valence electrons. The van der Waals surface area contributed by atoms with Crippen LogP contribution in [-0.4, -0.2) is 55.9 Å². The zero-order chi connectivity index (χ0) is 17.8. The van der Waals surface area contributed by atoms with Gasteiger partial charge in [0.05, 0.1) is 12.9 Å². The van der Waals surface area contributed by atoms with E-state index in [-0.39, 0.29) is 18.6 Å². The summed E-state index contributed by atoms with van der Waals surface area (Å²) in [6.45, 7) is 3.80. The van der Waals surface area contributed by atoms with Crippen molar-refractivity contribution in [2.45, 2.75) is 30.3 Å². The Morgan fingerprint density at radius 1 is 1.29 bits per heavy atom. The van der Waals surface area contributed by atoms with Gasteiger partial charge >= 0.3 is 0 Å². The summed E-state index contributed by atoms with van der Waals surface area (Å²) in [5.74, 6) is -0.460. The van der Waals surface area contributed by atoms with Crippen LogP contribution in [0.4, 0.5) is 0 Å². The minimum atomic E-state index is -3.80. The van der Waals surface area contributed by atoms with Gasteiger partial charge < -0.3 is 9.64 Å². The third-order valence-corrected chi connectivity index (χ3v) is 7.24. The van der Waals surface area contributed by atoms with Crippen LogP contribution in [-0.2, 0) is 20.4 Å². The average molecular weight is 356 g/mol. The fourth-order valence-electron chi connectivity index (χ4n) is 3.09. The second kappa shape index (κ2) is 7.50. The smallest absolute Gasteiger partial charge is 0.264 e. The van der Waals surface area contributed by atoms with Crippen molar-refractivity contribution in [2.75, 3.05) is 26.7 Å². The van der Waals surface area contributed by atoms with Crippen molar-refractivity contribution < 1.29 is 23.2 Å². The number of rotatable bonds is 6. The summed E-state index contributed by atoms with van der Waals surface area (Å²) in [7, 11) is -2.26. The van der Waals surface area contributed by atoms with Crippen LogP contribution < -0.4 is 10.2 Å². The van der Waals surface area contributed by atoms with Gasteiger partial charge in [0.25, 0.3) is 5.91 Å². The Kier molecular flexibility index (Phi) is 5.84. The largest absolute Gasteiger partial charge is 0.497 e. The molecular weight excluding hydrogens is 332 g/mol. The number of carbonyl (C=O) groups is 1. The SMILES string of the molecule is CCN1CCC(C(=O)NO)(S(=O)(=O)Cc2ccc(OC)cc2)CC1. The first kappa shape index (κ1) is 18.7. The summed E-state index contributed by atoms with van der Waals surface area (Å²) >= 11 is 0. The van der Waals surface area contributed by atoms with E-state index in [0.29, 0.717) is 24.4 Å². The molecule has 1 aromatic rings. The number of piperidine rings is 1. The van der Waals surface area contributed by atoms with E-state index in [1.807, 2.05) is 6.92 Å². The molecule has 0 spiro atoms. The first-order chi connectivity index (χ1) is 11.4.